The van der Waals surface area contributed by atoms with E-state index < -0.39 is 0 Å². The standard InChI is InChI=1S/C17H27ClN4OS/c1-3-20-17(21-9-6-14-4-5-15(18)24-14)22-10-7-13(8-11-22)12-16(23)19-2/h4-5,13H,3,6-12H2,1-2H3,(H,19,23)(H,20,21). The fourth-order valence-electron chi connectivity index (χ4n) is 2.90. The fraction of sp³-hybridized carbons (Fsp3) is 0.647. The molecule has 2 N–H and O–H groups in total. The van der Waals surface area contributed by atoms with Gasteiger partial charge in [0.1, 0.15) is 0 Å². The summed E-state index contributed by atoms with van der Waals surface area (Å²) in [5, 5.41) is 6.10. The number of hydrogen-bond acceptors (Lipinski definition) is 3. The van der Waals surface area contributed by atoms with Gasteiger partial charge in [-0.25, -0.2) is 0 Å². The molecule has 2 rings (SSSR count). The third kappa shape index (κ3) is 5.98. The van der Waals surface area contributed by atoms with Crippen molar-refractivity contribution in [1.29, 1.82) is 0 Å². The van der Waals surface area contributed by atoms with Crippen LogP contribution in [0.25, 0.3) is 0 Å². The Labute approximate surface area is 153 Å². The molecule has 1 aromatic heterocycles. The Hall–Kier alpha value is -1.27. The predicted octanol–water partition coefficient (Wildman–Crippen LogP) is 2.76. The zero-order valence-corrected chi connectivity index (χ0v) is 16.1. The summed E-state index contributed by atoms with van der Waals surface area (Å²) in [6, 6.07) is 4.01. The summed E-state index contributed by atoms with van der Waals surface area (Å²) < 4.78 is 0.832. The molecule has 1 aliphatic heterocycles. The number of hydrogen-bond donors (Lipinski definition) is 2. The molecule has 1 aromatic rings. The van der Waals surface area contributed by atoms with Gasteiger partial charge in [-0.15, -0.1) is 11.3 Å². The Bertz CT molecular complexity index is 553. The van der Waals surface area contributed by atoms with Crippen LogP contribution in [-0.4, -0.2) is 50.0 Å². The topological polar surface area (TPSA) is 56.7 Å². The van der Waals surface area contributed by atoms with E-state index in [-0.39, 0.29) is 5.91 Å². The van der Waals surface area contributed by atoms with E-state index in [0.717, 1.165) is 55.7 Å². The van der Waals surface area contributed by atoms with Gasteiger partial charge in [0, 0.05) is 50.9 Å². The number of guanidine groups is 1. The van der Waals surface area contributed by atoms with Gasteiger partial charge in [-0.3, -0.25) is 9.79 Å². The van der Waals surface area contributed by atoms with Gasteiger partial charge in [-0.1, -0.05) is 11.6 Å². The van der Waals surface area contributed by atoms with Crippen molar-refractivity contribution in [3.8, 4) is 0 Å². The molecule has 0 bridgehead atoms. The number of piperidine rings is 1. The number of rotatable bonds is 6. The molecule has 1 aliphatic rings. The van der Waals surface area contributed by atoms with Crippen molar-refractivity contribution >= 4 is 34.8 Å². The molecule has 5 nitrogen and oxygen atoms in total. The van der Waals surface area contributed by atoms with E-state index in [0.29, 0.717) is 12.3 Å². The highest BCUT2D eigenvalue weighted by atomic mass is 35.5. The van der Waals surface area contributed by atoms with Crippen molar-refractivity contribution in [2.24, 2.45) is 10.9 Å². The first-order valence-electron chi connectivity index (χ1n) is 8.60. The molecule has 7 heteroatoms. The van der Waals surface area contributed by atoms with Gasteiger partial charge in [0.25, 0.3) is 0 Å². The third-order valence-corrected chi connectivity index (χ3v) is 5.54. The number of halogens is 1. The van der Waals surface area contributed by atoms with Crippen molar-refractivity contribution in [3.63, 3.8) is 0 Å². The summed E-state index contributed by atoms with van der Waals surface area (Å²) in [7, 11) is 1.70. The minimum atomic E-state index is 0.142. The lowest BCUT2D eigenvalue weighted by Gasteiger charge is -2.34. The summed E-state index contributed by atoms with van der Waals surface area (Å²) in [5.74, 6) is 1.61. The monoisotopic (exact) mass is 370 g/mol. The van der Waals surface area contributed by atoms with Crippen LogP contribution < -0.4 is 10.6 Å². The molecular formula is C17H27ClN4OS. The molecule has 24 heavy (non-hydrogen) atoms. The molecule has 0 aliphatic carbocycles. The van der Waals surface area contributed by atoms with E-state index >= 15 is 0 Å². The molecule has 1 amide bonds. The average Bonchev–Trinajstić information content (AvgIpc) is 3.00. The SMILES string of the molecule is CCNC(=NCCc1ccc(Cl)s1)N1CCC(CC(=O)NC)CC1. The first-order valence-corrected chi connectivity index (χ1v) is 9.79. The fourth-order valence-corrected chi connectivity index (χ4v) is 3.97. The average molecular weight is 371 g/mol. The van der Waals surface area contributed by atoms with Gasteiger partial charge in [0.15, 0.2) is 5.96 Å². The largest absolute Gasteiger partial charge is 0.359 e. The lowest BCUT2D eigenvalue weighted by Crippen LogP contribution is -2.46. The zero-order chi connectivity index (χ0) is 17.4. The summed E-state index contributed by atoms with van der Waals surface area (Å²) in [6.45, 7) is 5.63. The van der Waals surface area contributed by atoms with Crippen LogP contribution in [0.4, 0.5) is 0 Å². The summed E-state index contributed by atoms with van der Waals surface area (Å²) in [4.78, 5) is 19.8. The second-order valence-electron chi connectivity index (χ2n) is 6.00. The number of nitrogens with one attached hydrogen (secondary N) is 2. The van der Waals surface area contributed by atoms with E-state index in [9.17, 15) is 4.79 Å². The van der Waals surface area contributed by atoms with Crippen molar-refractivity contribution in [1.82, 2.24) is 15.5 Å². The molecule has 0 saturated carbocycles. The third-order valence-electron chi connectivity index (χ3n) is 4.25. The van der Waals surface area contributed by atoms with Gasteiger partial charge in [0.05, 0.1) is 4.34 Å². The normalized spacial score (nSPS) is 16.3. The molecule has 1 fully saturated rings. The highest BCUT2D eigenvalue weighted by Gasteiger charge is 2.22. The van der Waals surface area contributed by atoms with Crippen molar-refractivity contribution < 1.29 is 4.79 Å². The van der Waals surface area contributed by atoms with E-state index in [1.807, 2.05) is 6.07 Å². The number of amides is 1. The highest BCUT2D eigenvalue weighted by molar-refractivity contribution is 7.16. The Morgan fingerprint density at radius 2 is 2.17 bits per heavy atom. The minimum Gasteiger partial charge on any atom is -0.359 e. The van der Waals surface area contributed by atoms with Crippen LogP contribution >= 0.6 is 22.9 Å². The number of thiophene rings is 1. The maximum Gasteiger partial charge on any atom is 0.220 e. The molecule has 0 aromatic carbocycles. The van der Waals surface area contributed by atoms with Gasteiger partial charge < -0.3 is 15.5 Å². The van der Waals surface area contributed by atoms with Gasteiger partial charge in [-0.2, -0.15) is 0 Å². The smallest absolute Gasteiger partial charge is 0.220 e. The van der Waals surface area contributed by atoms with Crippen LogP contribution in [0.1, 0.15) is 31.1 Å². The Morgan fingerprint density at radius 3 is 2.75 bits per heavy atom. The molecule has 0 radical (unpaired) electrons. The first-order chi connectivity index (χ1) is 11.6. The van der Waals surface area contributed by atoms with Crippen LogP contribution in [0.15, 0.2) is 17.1 Å². The Balaban J connectivity index is 1.84. The summed E-state index contributed by atoms with van der Waals surface area (Å²) in [6.07, 6.45) is 3.63. The van der Waals surface area contributed by atoms with Crippen LogP contribution in [0, 0.1) is 5.92 Å². The number of aliphatic imine (C=N–C) groups is 1. The number of carbonyl (C=O) groups is 1. The molecule has 0 spiro atoms. The number of carbonyl (C=O) groups excluding carboxylic acids is 1. The van der Waals surface area contributed by atoms with Gasteiger partial charge in [-0.05, 0) is 37.8 Å². The van der Waals surface area contributed by atoms with Crippen molar-refractivity contribution in [2.75, 3.05) is 33.2 Å². The molecule has 0 unspecified atom stereocenters. The number of nitrogens with zero attached hydrogens (tertiary/aromatic N) is 2. The van der Waals surface area contributed by atoms with Crippen LogP contribution in [-0.2, 0) is 11.2 Å². The molecular weight excluding hydrogens is 344 g/mol. The van der Waals surface area contributed by atoms with E-state index in [1.165, 1.54) is 4.88 Å². The van der Waals surface area contributed by atoms with Gasteiger partial charge >= 0.3 is 0 Å². The second kappa shape index (κ2) is 9.89. The highest BCUT2D eigenvalue weighted by Crippen LogP contribution is 2.22. The predicted molar refractivity (Wildman–Crippen MR) is 102 cm³/mol. The lowest BCUT2D eigenvalue weighted by atomic mass is 9.93. The van der Waals surface area contributed by atoms with Crippen molar-refractivity contribution in [2.45, 2.75) is 32.6 Å². The van der Waals surface area contributed by atoms with Crippen LogP contribution in [0.3, 0.4) is 0 Å². The second-order valence-corrected chi connectivity index (χ2v) is 7.80. The van der Waals surface area contributed by atoms with Crippen LogP contribution in [0.2, 0.25) is 4.34 Å². The van der Waals surface area contributed by atoms with Crippen molar-refractivity contribution in [3.05, 3.63) is 21.3 Å². The quantitative estimate of drug-likeness (QED) is 0.598. The molecule has 0 atom stereocenters. The summed E-state index contributed by atoms with van der Waals surface area (Å²) in [5.41, 5.74) is 0. The Kier molecular flexibility index (Phi) is 7.85. The zero-order valence-electron chi connectivity index (χ0n) is 14.5. The maximum absolute atomic E-state index is 11.5. The molecule has 1 saturated heterocycles. The first kappa shape index (κ1) is 19.1. The van der Waals surface area contributed by atoms with E-state index in [2.05, 4.69) is 28.5 Å². The van der Waals surface area contributed by atoms with Crippen LogP contribution in [0.5, 0.6) is 0 Å². The Morgan fingerprint density at radius 1 is 1.42 bits per heavy atom. The minimum absolute atomic E-state index is 0.142. The maximum atomic E-state index is 11.5. The summed E-state index contributed by atoms with van der Waals surface area (Å²) >= 11 is 7.59. The van der Waals surface area contributed by atoms with E-state index in [1.54, 1.807) is 18.4 Å². The molecule has 134 valence electrons. The van der Waals surface area contributed by atoms with E-state index in [4.69, 9.17) is 16.6 Å². The van der Waals surface area contributed by atoms with Gasteiger partial charge in [0.2, 0.25) is 5.91 Å². The molecule has 2 heterocycles. The number of likely N-dealkylation sites (tertiary alicyclic amines) is 1. The lowest BCUT2D eigenvalue weighted by molar-refractivity contribution is -0.121.